The van der Waals surface area contributed by atoms with Crippen molar-refractivity contribution in [2.75, 3.05) is 0 Å². The Bertz CT molecular complexity index is 8080. The van der Waals surface area contributed by atoms with Crippen LogP contribution in [0.25, 0.3) is 233 Å². The van der Waals surface area contributed by atoms with E-state index in [0.29, 0.717) is 5.95 Å². The van der Waals surface area contributed by atoms with E-state index in [9.17, 15) is 0 Å². The molecule has 132 heavy (non-hydrogen) atoms. The van der Waals surface area contributed by atoms with Crippen molar-refractivity contribution >= 4 is 131 Å². The number of nitrogens with zero attached hydrogens (tertiary/aromatic N) is 9. The fourth-order valence-corrected chi connectivity index (χ4v) is 20.4. The Balaban J connectivity index is 0.000000106. The van der Waals surface area contributed by atoms with Gasteiger partial charge in [-0.3, -0.25) is 9.13 Å². The van der Waals surface area contributed by atoms with Crippen LogP contribution in [0.2, 0.25) is 0 Å². The van der Waals surface area contributed by atoms with Gasteiger partial charge in [-0.05, 0) is 179 Å². The van der Waals surface area contributed by atoms with Gasteiger partial charge in [0.15, 0.2) is 0 Å². The van der Waals surface area contributed by atoms with Crippen LogP contribution in [0.1, 0.15) is 0 Å². The fraction of sp³-hybridized carbons (Fsp3) is 0. The van der Waals surface area contributed by atoms with Gasteiger partial charge < -0.3 is 18.3 Å². The number of hydrogen-bond acceptors (Lipinski definition) is 3. The molecule has 0 saturated heterocycles. The molecule has 9 nitrogen and oxygen atoms in total. The lowest BCUT2D eigenvalue weighted by Crippen LogP contribution is -2.04. The summed E-state index contributed by atoms with van der Waals surface area (Å²) in [5.74, 6) is 1.56. The molecule has 618 valence electrons. The summed E-state index contributed by atoms with van der Waals surface area (Å²) in [5, 5.41) is 14.9. The van der Waals surface area contributed by atoms with Crippen LogP contribution in [0.15, 0.2) is 491 Å². The van der Waals surface area contributed by atoms with Gasteiger partial charge in [0.25, 0.3) is 0 Å². The van der Waals surface area contributed by atoms with E-state index in [1.165, 1.54) is 142 Å². The zero-order valence-electron chi connectivity index (χ0n) is 71.8. The topological polar surface area (TPSA) is 68.2 Å². The standard InChI is InChI=1S/C42H28N2.C41H27N3.C40H26N4/c1-4-14-29(15-5-1)31-26-32(30-16-6-2-7-17-30)28-34(27-31)44-38-23-13-11-21-36(38)42-40(44)25-24-39-41(42)35-20-10-12-22-37(35)43(39)33-18-8-3-9-19-33;1-4-14-28(15-5-1)30-26-34(29-16-6-2-7-17-29)42-39(27-30)44-36-23-13-11-21-33(36)41-38(44)25-24-37-40(41)32-20-10-12-22-35(32)43(37)31-18-8-3-9-19-31;1-4-14-27(15-5-1)32-26-33(28-16-6-2-7-17-28)42-40(41-32)44-35-23-13-11-21-31(35)39-37(44)25-24-36-38(39)30-20-10-12-22-34(30)43(36)29-18-8-3-9-19-29/h1-28H;1-27H;1-26H. The molecular weight excluding hydrogens is 1600 g/mol. The zero-order valence-corrected chi connectivity index (χ0v) is 71.8. The minimum Gasteiger partial charge on any atom is -0.309 e. The highest BCUT2D eigenvalue weighted by Crippen LogP contribution is 2.48. The predicted molar refractivity (Wildman–Crippen MR) is 551 cm³/mol. The molecule has 0 saturated carbocycles. The van der Waals surface area contributed by atoms with Crippen LogP contribution in [0.4, 0.5) is 0 Å². The smallest absolute Gasteiger partial charge is 0.235 e. The second kappa shape index (κ2) is 32.3. The third-order valence-corrected chi connectivity index (χ3v) is 26.1. The highest BCUT2D eigenvalue weighted by molar-refractivity contribution is 6.32. The summed E-state index contributed by atoms with van der Waals surface area (Å²) in [7, 11) is 0. The maximum Gasteiger partial charge on any atom is 0.235 e. The van der Waals surface area contributed by atoms with Crippen LogP contribution < -0.4 is 0 Å². The third-order valence-electron chi connectivity index (χ3n) is 26.1. The van der Waals surface area contributed by atoms with E-state index in [-0.39, 0.29) is 0 Å². The average Bonchev–Trinajstić information content (AvgIpc) is 1.55. The predicted octanol–water partition coefficient (Wildman–Crippen LogP) is 31.8. The molecule has 0 amide bonds. The van der Waals surface area contributed by atoms with E-state index in [2.05, 4.69) is 507 Å². The van der Waals surface area contributed by atoms with Gasteiger partial charge in [0, 0.05) is 104 Å². The van der Waals surface area contributed by atoms with Gasteiger partial charge in [0.2, 0.25) is 5.95 Å². The molecule has 9 heteroatoms. The number of rotatable bonds is 12. The van der Waals surface area contributed by atoms with Gasteiger partial charge >= 0.3 is 0 Å². The minimum atomic E-state index is 0.655. The SMILES string of the molecule is c1ccc(-c2cc(-c3ccccc3)cc(-n3c4ccccc4c4c5c6ccccc6n(-c6ccccc6)c5ccc43)c2)cc1.c1ccc(-c2cc(-c3ccccc3)nc(-n3c4ccccc4c4c5c6ccccc6n(-c6ccccc6)c5ccc43)c2)cc1.c1ccc(-c2cc(-c3ccccc3)nc(-n3c4ccccc4c4c5c6ccccc6n(-c6ccccc6)c5ccc43)n2)cc1. The van der Waals surface area contributed by atoms with Crippen LogP contribution >= 0.6 is 0 Å². The second-order valence-electron chi connectivity index (χ2n) is 33.7. The Labute approximate surface area is 761 Å². The second-order valence-corrected chi connectivity index (χ2v) is 33.7. The molecule has 0 aliphatic rings. The van der Waals surface area contributed by atoms with Gasteiger partial charge in [0.05, 0.1) is 83.3 Å². The molecule has 27 aromatic rings. The molecular formula is C123H81N9. The summed E-state index contributed by atoms with van der Waals surface area (Å²) in [4.78, 5) is 15.8. The van der Waals surface area contributed by atoms with Crippen molar-refractivity contribution in [3.8, 4) is 102 Å². The van der Waals surface area contributed by atoms with Gasteiger partial charge in [-0.25, -0.2) is 15.0 Å². The molecule has 0 unspecified atom stereocenters. The summed E-state index contributed by atoms with van der Waals surface area (Å²) in [6.45, 7) is 0. The molecule has 0 fully saturated rings. The number of benzene rings is 19. The summed E-state index contributed by atoms with van der Waals surface area (Å²) in [6.07, 6.45) is 0. The number of para-hydroxylation sites is 9. The lowest BCUT2D eigenvalue weighted by atomic mass is 9.98. The van der Waals surface area contributed by atoms with E-state index < -0.39 is 0 Å². The quantitative estimate of drug-likeness (QED) is 0.122. The van der Waals surface area contributed by atoms with Crippen LogP contribution in [0.5, 0.6) is 0 Å². The molecule has 0 bridgehead atoms. The molecule has 19 aromatic carbocycles. The van der Waals surface area contributed by atoms with E-state index in [1.54, 1.807) is 0 Å². The lowest BCUT2D eigenvalue weighted by molar-refractivity contribution is 0.996. The van der Waals surface area contributed by atoms with Crippen molar-refractivity contribution in [1.82, 2.24) is 42.4 Å². The lowest BCUT2D eigenvalue weighted by Gasteiger charge is -2.14. The maximum atomic E-state index is 5.32. The van der Waals surface area contributed by atoms with Crippen molar-refractivity contribution in [2.45, 2.75) is 0 Å². The van der Waals surface area contributed by atoms with Crippen LogP contribution in [-0.4, -0.2) is 42.4 Å². The highest BCUT2D eigenvalue weighted by atomic mass is 15.2. The van der Waals surface area contributed by atoms with Crippen molar-refractivity contribution in [3.63, 3.8) is 0 Å². The van der Waals surface area contributed by atoms with Crippen molar-refractivity contribution < 1.29 is 0 Å². The average molecular weight is 1690 g/mol. The summed E-state index contributed by atoms with van der Waals surface area (Å²) in [6, 6.07) is 175. The van der Waals surface area contributed by atoms with E-state index in [1.807, 2.05) is 12.1 Å². The van der Waals surface area contributed by atoms with E-state index in [4.69, 9.17) is 15.0 Å². The van der Waals surface area contributed by atoms with E-state index >= 15 is 0 Å². The van der Waals surface area contributed by atoms with Crippen LogP contribution in [-0.2, 0) is 0 Å². The molecule has 0 aliphatic heterocycles. The molecule has 8 heterocycles. The van der Waals surface area contributed by atoms with Crippen molar-refractivity contribution in [3.05, 3.63) is 491 Å². The number of hydrogen-bond donors (Lipinski definition) is 0. The molecule has 0 aliphatic carbocycles. The normalized spacial score (nSPS) is 11.6. The molecule has 0 atom stereocenters. The largest absolute Gasteiger partial charge is 0.309 e. The Morgan fingerprint density at radius 1 is 0.129 bits per heavy atom. The van der Waals surface area contributed by atoms with Crippen molar-refractivity contribution in [1.29, 1.82) is 0 Å². The first-order valence-corrected chi connectivity index (χ1v) is 45.0. The summed E-state index contributed by atoms with van der Waals surface area (Å²) >= 11 is 0. The number of pyridine rings is 1. The van der Waals surface area contributed by atoms with E-state index in [0.717, 1.165) is 84.3 Å². The Morgan fingerprint density at radius 3 is 0.652 bits per heavy atom. The van der Waals surface area contributed by atoms with Crippen LogP contribution in [0.3, 0.4) is 0 Å². The fourth-order valence-electron chi connectivity index (χ4n) is 20.4. The molecule has 8 aromatic heterocycles. The third kappa shape index (κ3) is 13.0. The Morgan fingerprint density at radius 2 is 0.348 bits per heavy atom. The van der Waals surface area contributed by atoms with Gasteiger partial charge in [0.1, 0.15) is 5.82 Å². The zero-order chi connectivity index (χ0) is 87.1. The molecule has 0 N–H and O–H groups in total. The van der Waals surface area contributed by atoms with Crippen LogP contribution in [0, 0.1) is 0 Å². The van der Waals surface area contributed by atoms with Gasteiger partial charge in [-0.15, -0.1) is 0 Å². The first-order valence-electron chi connectivity index (χ1n) is 45.0. The maximum absolute atomic E-state index is 5.32. The summed E-state index contributed by atoms with van der Waals surface area (Å²) in [5.41, 5.74) is 31.8. The summed E-state index contributed by atoms with van der Waals surface area (Å²) < 4.78 is 14.2. The molecule has 27 rings (SSSR count). The number of fused-ring (bicyclic) bond motifs is 21. The monoisotopic (exact) mass is 1680 g/mol. The molecule has 0 radical (unpaired) electrons. The Hall–Kier alpha value is -17.8. The highest BCUT2D eigenvalue weighted by Gasteiger charge is 2.27. The molecule has 0 spiro atoms. The minimum absolute atomic E-state index is 0.655. The van der Waals surface area contributed by atoms with Crippen molar-refractivity contribution in [2.24, 2.45) is 0 Å². The number of aromatic nitrogens is 9. The Kier molecular flexibility index (Phi) is 18.7. The van der Waals surface area contributed by atoms with Gasteiger partial charge in [-0.2, -0.15) is 0 Å². The van der Waals surface area contributed by atoms with Gasteiger partial charge in [-0.1, -0.05) is 346 Å². The first kappa shape index (κ1) is 76.6. The first-order chi connectivity index (χ1) is 65.5.